The molecule has 0 saturated carbocycles. The Hall–Kier alpha value is -1.82. The van der Waals surface area contributed by atoms with E-state index < -0.39 is 0 Å². The number of aryl methyl sites for hydroxylation is 1. The average Bonchev–Trinajstić information content (AvgIpc) is 2.50. The van der Waals surface area contributed by atoms with Crippen LogP contribution in [0.5, 0.6) is 0 Å². The standard InChI is InChI=1S/C17H16.C2H6.CH4/c1-3-12-8-10-14-6-5-7-15-11-9-13(4-2)16(12)17(14)15;1-2;/h3-4,7-11H,1,5-6H2,2H3;1-2H3;1H4/b13-4-;;. The van der Waals surface area contributed by atoms with E-state index in [1.807, 2.05) is 19.9 Å². The minimum Gasteiger partial charge on any atom is -0.0984 e. The van der Waals surface area contributed by atoms with Crippen LogP contribution in [0, 0.1) is 0 Å². The maximum absolute atomic E-state index is 3.94. The van der Waals surface area contributed by atoms with Crippen molar-refractivity contribution in [2.24, 2.45) is 0 Å². The molecule has 2 aromatic rings. The molecule has 0 nitrogen and oxygen atoms in total. The Bertz CT molecular complexity index is 718. The summed E-state index contributed by atoms with van der Waals surface area (Å²) in [6.45, 7) is 10.0. The summed E-state index contributed by atoms with van der Waals surface area (Å²) in [7, 11) is 0. The summed E-state index contributed by atoms with van der Waals surface area (Å²) >= 11 is 0. The first-order valence-electron chi connectivity index (χ1n) is 7.18. The van der Waals surface area contributed by atoms with Gasteiger partial charge in [-0.15, -0.1) is 0 Å². The fraction of sp³-hybridized carbons (Fsp3) is 0.300. The maximum atomic E-state index is 3.94. The largest absolute Gasteiger partial charge is 0.0984 e. The second-order valence-electron chi connectivity index (χ2n) is 4.54. The third-order valence-electron chi connectivity index (χ3n) is 3.65. The fourth-order valence-corrected chi connectivity index (χ4v) is 2.82. The van der Waals surface area contributed by atoms with Crippen molar-refractivity contribution >= 4 is 29.0 Å². The molecule has 2 aromatic carbocycles. The first-order chi connectivity index (χ1) is 9.35. The molecule has 106 valence electrons. The van der Waals surface area contributed by atoms with E-state index in [0.29, 0.717) is 0 Å². The molecule has 0 radical (unpaired) electrons. The Kier molecular flexibility index (Phi) is 5.76. The van der Waals surface area contributed by atoms with E-state index >= 15 is 0 Å². The summed E-state index contributed by atoms with van der Waals surface area (Å²) in [5, 5.41) is 5.50. The van der Waals surface area contributed by atoms with Gasteiger partial charge in [0.25, 0.3) is 0 Å². The lowest BCUT2D eigenvalue weighted by Crippen LogP contribution is -2.16. The van der Waals surface area contributed by atoms with E-state index in [4.69, 9.17) is 0 Å². The predicted molar refractivity (Wildman–Crippen MR) is 94.3 cm³/mol. The smallest absolute Gasteiger partial charge is 0.00337 e. The summed E-state index contributed by atoms with van der Waals surface area (Å²) < 4.78 is 0. The Balaban J connectivity index is 0.000000639. The second kappa shape index (κ2) is 7.09. The predicted octanol–water partition coefficient (Wildman–Crippen LogP) is 4.67. The van der Waals surface area contributed by atoms with Gasteiger partial charge in [-0.1, -0.05) is 70.3 Å². The highest BCUT2D eigenvalue weighted by atomic mass is 14.1. The van der Waals surface area contributed by atoms with E-state index in [2.05, 4.69) is 49.9 Å². The van der Waals surface area contributed by atoms with Crippen molar-refractivity contribution in [1.82, 2.24) is 0 Å². The van der Waals surface area contributed by atoms with Crippen LogP contribution in [0.15, 0.2) is 30.8 Å². The summed E-state index contributed by atoms with van der Waals surface area (Å²) in [5.74, 6) is 0. The van der Waals surface area contributed by atoms with E-state index in [0.717, 1.165) is 12.8 Å². The highest BCUT2D eigenvalue weighted by molar-refractivity contribution is 5.94. The van der Waals surface area contributed by atoms with Gasteiger partial charge in [0.1, 0.15) is 0 Å². The quantitative estimate of drug-likeness (QED) is 0.703. The molecular weight excluding hydrogens is 240 g/mol. The monoisotopic (exact) mass is 266 g/mol. The highest BCUT2D eigenvalue weighted by Crippen LogP contribution is 2.22. The topological polar surface area (TPSA) is 0 Å². The van der Waals surface area contributed by atoms with Crippen LogP contribution in [0.4, 0.5) is 0 Å². The molecule has 0 saturated heterocycles. The number of hydrogen-bond donors (Lipinski definition) is 0. The lowest BCUT2D eigenvalue weighted by molar-refractivity contribution is 1.03. The molecule has 3 rings (SSSR count). The van der Waals surface area contributed by atoms with Gasteiger partial charge in [0, 0.05) is 0 Å². The first-order valence-corrected chi connectivity index (χ1v) is 7.18. The highest BCUT2D eigenvalue weighted by Gasteiger charge is 2.09. The van der Waals surface area contributed by atoms with Crippen molar-refractivity contribution in [1.29, 1.82) is 0 Å². The summed E-state index contributed by atoms with van der Waals surface area (Å²) in [6, 6.07) is 8.92. The van der Waals surface area contributed by atoms with Gasteiger partial charge in [0.15, 0.2) is 0 Å². The molecule has 1 aliphatic carbocycles. The van der Waals surface area contributed by atoms with Crippen molar-refractivity contribution in [3.05, 3.63) is 52.4 Å². The zero-order valence-electron chi connectivity index (χ0n) is 12.2. The van der Waals surface area contributed by atoms with Crippen LogP contribution in [0.25, 0.3) is 29.0 Å². The van der Waals surface area contributed by atoms with Crippen LogP contribution < -0.4 is 10.4 Å². The van der Waals surface area contributed by atoms with Gasteiger partial charge in [-0.25, -0.2) is 0 Å². The number of rotatable bonds is 1. The molecular formula is C20H26. The van der Waals surface area contributed by atoms with Gasteiger partial charge >= 0.3 is 0 Å². The average molecular weight is 266 g/mol. The summed E-state index contributed by atoms with van der Waals surface area (Å²) in [4.78, 5) is 0. The van der Waals surface area contributed by atoms with Crippen molar-refractivity contribution in [3.63, 3.8) is 0 Å². The van der Waals surface area contributed by atoms with Crippen LogP contribution in [0.1, 0.15) is 45.7 Å². The lowest BCUT2D eigenvalue weighted by atomic mass is 9.90. The van der Waals surface area contributed by atoms with E-state index in [9.17, 15) is 0 Å². The molecule has 20 heavy (non-hydrogen) atoms. The van der Waals surface area contributed by atoms with Crippen LogP contribution >= 0.6 is 0 Å². The fourth-order valence-electron chi connectivity index (χ4n) is 2.82. The number of hydrogen-bond acceptors (Lipinski definition) is 0. The van der Waals surface area contributed by atoms with Gasteiger partial charge in [-0.3, -0.25) is 0 Å². The Morgan fingerprint density at radius 3 is 2.45 bits per heavy atom. The van der Waals surface area contributed by atoms with Crippen LogP contribution in [-0.4, -0.2) is 0 Å². The summed E-state index contributed by atoms with van der Waals surface area (Å²) in [6.07, 6.45) is 8.81. The van der Waals surface area contributed by atoms with Gasteiger partial charge in [0.2, 0.25) is 0 Å². The zero-order valence-corrected chi connectivity index (χ0v) is 12.2. The molecule has 0 heterocycles. The van der Waals surface area contributed by atoms with Gasteiger partial charge in [-0.05, 0) is 52.1 Å². The molecule has 0 bridgehead atoms. The molecule has 0 amide bonds. The van der Waals surface area contributed by atoms with E-state index in [1.165, 1.54) is 32.3 Å². The molecule has 0 N–H and O–H groups in total. The van der Waals surface area contributed by atoms with Crippen molar-refractivity contribution in [2.75, 3.05) is 0 Å². The van der Waals surface area contributed by atoms with E-state index in [1.54, 1.807) is 0 Å². The minimum atomic E-state index is 0. The Morgan fingerprint density at radius 2 is 1.80 bits per heavy atom. The Morgan fingerprint density at radius 1 is 1.05 bits per heavy atom. The van der Waals surface area contributed by atoms with Crippen LogP contribution in [0.3, 0.4) is 0 Å². The third kappa shape index (κ3) is 2.56. The van der Waals surface area contributed by atoms with Gasteiger partial charge in [0.05, 0.1) is 0 Å². The minimum absolute atomic E-state index is 0. The second-order valence-corrected chi connectivity index (χ2v) is 4.54. The molecule has 0 fully saturated rings. The van der Waals surface area contributed by atoms with Crippen LogP contribution in [0.2, 0.25) is 0 Å². The maximum Gasteiger partial charge on any atom is -0.00337 e. The third-order valence-corrected chi connectivity index (χ3v) is 3.65. The molecule has 0 heteroatoms. The molecule has 0 atom stereocenters. The first kappa shape index (κ1) is 16.2. The van der Waals surface area contributed by atoms with E-state index in [-0.39, 0.29) is 7.43 Å². The van der Waals surface area contributed by atoms with Crippen molar-refractivity contribution < 1.29 is 0 Å². The molecule has 0 unspecified atom stereocenters. The van der Waals surface area contributed by atoms with Gasteiger partial charge < -0.3 is 0 Å². The molecule has 1 aliphatic rings. The molecule has 0 spiro atoms. The molecule has 0 aliphatic heterocycles. The van der Waals surface area contributed by atoms with Crippen LogP contribution in [-0.2, 0) is 6.42 Å². The Labute approximate surface area is 123 Å². The zero-order chi connectivity index (χ0) is 13.8. The van der Waals surface area contributed by atoms with Crippen molar-refractivity contribution in [2.45, 2.75) is 41.0 Å². The lowest BCUT2D eigenvalue weighted by Gasteiger charge is -2.14. The van der Waals surface area contributed by atoms with Gasteiger partial charge in [-0.2, -0.15) is 0 Å². The van der Waals surface area contributed by atoms with Crippen molar-refractivity contribution in [3.8, 4) is 0 Å². The normalized spacial score (nSPS) is 12.8. The molecule has 0 aromatic heterocycles. The number of benzene rings is 2. The summed E-state index contributed by atoms with van der Waals surface area (Å²) in [5.41, 5.74) is 2.72. The SMILES string of the molecule is C.C=Cc1ccc2c3c(cc/c(=C/C)c13)=CCC2.CC.